The molecular formula is C11H22N4O3S. The lowest BCUT2D eigenvalue weighted by atomic mass is 10.1. The van der Waals surface area contributed by atoms with Crippen molar-refractivity contribution in [1.82, 2.24) is 19.8 Å². The van der Waals surface area contributed by atoms with E-state index < -0.39 is 15.6 Å². The second kappa shape index (κ2) is 5.56. The van der Waals surface area contributed by atoms with Gasteiger partial charge in [-0.25, -0.2) is 13.1 Å². The van der Waals surface area contributed by atoms with Crippen LogP contribution in [0.15, 0.2) is 4.52 Å². The van der Waals surface area contributed by atoms with Gasteiger partial charge in [0.25, 0.3) is 0 Å². The van der Waals surface area contributed by atoms with Crippen LogP contribution in [0, 0.1) is 0 Å². The Bertz CT molecular complexity index is 522. The Morgan fingerprint density at radius 2 is 2.00 bits per heavy atom. The maximum Gasteiger partial charge on any atom is 0.240 e. The van der Waals surface area contributed by atoms with Gasteiger partial charge in [0.2, 0.25) is 15.9 Å². The van der Waals surface area contributed by atoms with Gasteiger partial charge in [0.05, 0.1) is 18.3 Å². The Kier molecular flexibility index (Phi) is 4.70. The van der Waals surface area contributed by atoms with E-state index in [-0.39, 0.29) is 0 Å². The van der Waals surface area contributed by atoms with E-state index in [9.17, 15) is 8.42 Å². The Hall–Kier alpha value is -0.990. The number of aromatic nitrogens is 2. The van der Waals surface area contributed by atoms with Gasteiger partial charge in [-0.15, -0.1) is 0 Å². The second-order valence-electron chi connectivity index (χ2n) is 5.52. The Labute approximate surface area is 114 Å². The molecular weight excluding hydrogens is 268 g/mol. The lowest BCUT2D eigenvalue weighted by Gasteiger charge is -2.20. The van der Waals surface area contributed by atoms with Gasteiger partial charge in [-0.2, -0.15) is 4.98 Å². The van der Waals surface area contributed by atoms with Crippen molar-refractivity contribution in [3.8, 4) is 0 Å². The maximum atomic E-state index is 11.3. The SMILES string of the molecule is CC(C)N(C)Cc1nc(C(C)(C)NS(C)(=O)=O)no1. The summed E-state index contributed by atoms with van der Waals surface area (Å²) in [5, 5.41) is 3.84. The first-order valence-electron chi connectivity index (χ1n) is 6.03. The summed E-state index contributed by atoms with van der Waals surface area (Å²) in [5.41, 5.74) is -0.897. The van der Waals surface area contributed by atoms with Crippen molar-refractivity contribution < 1.29 is 12.9 Å². The highest BCUT2D eigenvalue weighted by molar-refractivity contribution is 7.88. The summed E-state index contributed by atoms with van der Waals surface area (Å²) in [6.45, 7) is 8.03. The molecule has 0 aliphatic heterocycles. The predicted molar refractivity (Wildman–Crippen MR) is 71.9 cm³/mol. The van der Waals surface area contributed by atoms with E-state index in [1.807, 2.05) is 11.9 Å². The minimum atomic E-state index is -3.34. The van der Waals surface area contributed by atoms with Crippen LogP contribution in [0.4, 0.5) is 0 Å². The van der Waals surface area contributed by atoms with E-state index in [2.05, 4.69) is 28.7 Å². The molecule has 19 heavy (non-hydrogen) atoms. The van der Waals surface area contributed by atoms with Crippen LogP contribution in [0.5, 0.6) is 0 Å². The third kappa shape index (κ3) is 4.88. The van der Waals surface area contributed by atoms with Crippen molar-refractivity contribution in [3.05, 3.63) is 11.7 Å². The number of nitrogens with one attached hydrogen (secondary N) is 1. The summed E-state index contributed by atoms with van der Waals surface area (Å²) in [6.07, 6.45) is 1.10. The summed E-state index contributed by atoms with van der Waals surface area (Å²) < 4.78 is 30.2. The first-order valence-corrected chi connectivity index (χ1v) is 7.92. The van der Waals surface area contributed by atoms with Crippen molar-refractivity contribution in [2.24, 2.45) is 0 Å². The van der Waals surface area contributed by atoms with Crippen molar-refractivity contribution in [2.45, 2.75) is 45.8 Å². The van der Waals surface area contributed by atoms with Crippen LogP contribution in [-0.2, 0) is 22.1 Å². The molecule has 0 radical (unpaired) electrons. The first kappa shape index (κ1) is 16.1. The highest BCUT2D eigenvalue weighted by Gasteiger charge is 2.30. The quantitative estimate of drug-likeness (QED) is 0.829. The zero-order chi connectivity index (χ0) is 14.8. The molecule has 0 saturated heterocycles. The molecule has 0 fully saturated rings. The number of nitrogens with zero attached hydrogens (tertiary/aromatic N) is 3. The molecule has 0 aliphatic rings. The number of hydrogen-bond donors (Lipinski definition) is 1. The number of sulfonamides is 1. The molecule has 0 amide bonds. The normalized spacial score (nSPS) is 13.5. The molecule has 1 heterocycles. The van der Waals surface area contributed by atoms with Gasteiger partial charge in [-0.05, 0) is 34.7 Å². The molecule has 1 rings (SSSR count). The smallest absolute Gasteiger partial charge is 0.240 e. The fraction of sp³-hybridized carbons (Fsp3) is 0.818. The fourth-order valence-electron chi connectivity index (χ4n) is 1.48. The van der Waals surface area contributed by atoms with E-state index in [4.69, 9.17) is 4.52 Å². The van der Waals surface area contributed by atoms with Crippen LogP contribution in [0.3, 0.4) is 0 Å². The molecule has 0 aromatic carbocycles. The fourth-order valence-corrected chi connectivity index (χ4v) is 2.50. The van der Waals surface area contributed by atoms with E-state index in [0.717, 1.165) is 6.26 Å². The summed E-state index contributed by atoms with van der Waals surface area (Å²) in [5.74, 6) is 0.791. The van der Waals surface area contributed by atoms with E-state index >= 15 is 0 Å². The molecule has 0 saturated carbocycles. The topological polar surface area (TPSA) is 88.3 Å². The Morgan fingerprint density at radius 3 is 2.47 bits per heavy atom. The molecule has 8 heteroatoms. The Morgan fingerprint density at radius 1 is 1.42 bits per heavy atom. The van der Waals surface area contributed by atoms with Gasteiger partial charge < -0.3 is 4.52 Å². The zero-order valence-corrected chi connectivity index (χ0v) is 13.1. The van der Waals surface area contributed by atoms with Gasteiger partial charge in [-0.3, -0.25) is 4.90 Å². The lowest BCUT2D eigenvalue weighted by molar-refractivity contribution is 0.225. The molecule has 0 atom stereocenters. The van der Waals surface area contributed by atoms with Crippen LogP contribution < -0.4 is 4.72 Å². The molecule has 1 N–H and O–H groups in total. The molecule has 1 aromatic rings. The Balaban J connectivity index is 2.84. The largest absolute Gasteiger partial charge is 0.338 e. The van der Waals surface area contributed by atoms with Gasteiger partial charge >= 0.3 is 0 Å². The van der Waals surface area contributed by atoms with Crippen LogP contribution >= 0.6 is 0 Å². The summed E-state index contributed by atoms with van der Waals surface area (Å²) in [4.78, 5) is 6.29. The van der Waals surface area contributed by atoms with Crippen molar-refractivity contribution in [3.63, 3.8) is 0 Å². The van der Waals surface area contributed by atoms with Crippen LogP contribution in [0.2, 0.25) is 0 Å². The molecule has 7 nitrogen and oxygen atoms in total. The average Bonchev–Trinajstić information content (AvgIpc) is 2.62. The van der Waals surface area contributed by atoms with Crippen LogP contribution in [0.1, 0.15) is 39.4 Å². The molecule has 1 aromatic heterocycles. The average molecular weight is 290 g/mol. The molecule has 0 bridgehead atoms. The minimum absolute atomic E-state index is 0.324. The molecule has 110 valence electrons. The summed E-state index contributed by atoms with van der Waals surface area (Å²) in [6, 6.07) is 0.359. The third-order valence-corrected chi connectivity index (χ3v) is 3.61. The van der Waals surface area contributed by atoms with Gasteiger partial charge in [0.15, 0.2) is 5.82 Å². The van der Waals surface area contributed by atoms with Gasteiger partial charge in [0.1, 0.15) is 0 Å². The van der Waals surface area contributed by atoms with Crippen LogP contribution in [-0.4, -0.2) is 42.8 Å². The number of rotatable bonds is 6. The van der Waals surface area contributed by atoms with Crippen molar-refractivity contribution in [1.29, 1.82) is 0 Å². The predicted octanol–water partition coefficient (Wildman–Crippen LogP) is 0.694. The highest BCUT2D eigenvalue weighted by atomic mass is 32.2. The van der Waals surface area contributed by atoms with E-state index in [1.54, 1.807) is 13.8 Å². The molecule has 0 unspecified atom stereocenters. The molecule has 0 aliphatic carbocycles. The van der Waals surface area contributed by atoms with Crippen LogP contribution in [0.25, 0.3) is 0 Å². The molecule has 0 spiro atoms. The summed E-state index contributed by atoms with van der Waals surface area (Å²) in [7, 11) is -1.39. The van der Waals surface area contributed by atoms with Crippen molar-refractivity contribution >= 4 is 10.0 Å². The second-order valence-corrected chi connectivity index (χ2v) is 7.27. The lowest BCUT2D eigenvalue weighted by Crippen LogP contribution is -2.41. The first-order chi connectivity index (χ1) is 8.51. The standard InChI is InChI=1S/C11H22N4O3S/c1-8(2)15(5)7-9-12-10(13-18-9)11(3,4)14-19(6,16)17/h8,14H,7H2,1-6H3. The monoisotopic (exact) mass is 290 g/mol. The summed E-state index contributed by atoms with van der Waals surface area (Å²) >= 11 is 0. The van der Waals surface area contributed by atoms with E-state index in [1.165, 1.54) is 0 Å². The van der Waals surface area contributed by atoms with Crippen molar-refractivity contribution in [2.75, 3.05) is 13.3 Å². The third-order valence-electron chi connectivity index (χ3n) is 2.73. The van der Waals surface area contributed by atoms with E-state index in [0.29, 0.717) is 24.3 Å². The van der Waals surface area contributed by atoms with Gasteiger partial charge in [-0.1, -0.05) is 5.16 Å². The number of hydrogen-bond acceptors (Lipinski definition) is 6. The van der Waals surface area contributed by atoms with Gasteiger partial charge in [0, 0.05) is 6.04 Å². The maximum absolute atomic E-state index is 11.3. The zero-order valence-electron chi connectivity index (χ0n) is 12.3. The highest BCUT2D eigenvalue weighted by Crippen LogP contribution is 2.18. The minimum Gasteiger partial charge on any atom is -0.338 e.